The molecule has 0 fully saturated rings. The Morgan fingerprint density at radius 1 is 0.857 bits per heavy atom. The Bertz CT molecular complexity index is 754. The van der Waals surface area contributed by atoms with Crippen LogP contribution in [0.5, 0.6) is 0 Å². The Balaban J connectivity index is 1.87. The van der Waals surface area contributed by atoms with Crippen LogP contribution in [0.2, 0.25) is 0 Å². The Morgan fingerprint density at radius 3 is 2.33 bits per heavy atom. The first-order valence-corrected chi connectivity index (χ1v) is 7.30. The van der Waals surface area contributed by atoms with Gasteiger partial charge in [0, 0.05) is 12.3 Å². The minimum absolute atomic E-state index is 0.0647. The average Bonchev–Trinajstić information content (AvgIpc) is 2.55. The number of hydrogen-bond acceptors (Lipinski definition) is 1. The van der Waals surface area contributed by atoms with Gasteiger partial charge in [0.15, 0.2) is 0 Å². The fourth-order valence-electron chi connectivity index (χ4n) is 2.72. The van der Waals surface area contributed by atoms with Gasteiger partial charge in [0.1, 0.15) is 5.78 Å². The van der Waals surface area contributed by atoms with Crippen LogP contribution >= 0.6 is 0 Å². The number of Topliss-reactive ketones (excluding diaryl/α,β-unsaturated/α-hetero) is 1. The highest BCUT2D eigenvalue weighted by molar-refractivity contribution is 5.93. The Morgan fingerprint density at radius 2 is 1.52 bits per heavy atom. The summed E-state index contributed by atoms with van der Waals surface area (Å²) < 4.78 is 0. The second-order valence-electron chi connectivity index (χ2n) is 5.41. The molecule has 0 saturated carbocycles. The summed E-state index contributed by atoms with van der Waals surface area (Å²) >= 11 is 0. The number of rotatable bonds is 4. The molecule has 0 aromatic heterocycles. The molecule has 1 nitrogen and oxygen atoms in total. The monoisotopic (exact) mass is 274 g/mol. The van der Waals surface area contributed by atoms with Crippen molar-refractivity contribution in [1.82, 2.24) is 0 Å². The summed E-state index contributed by atoms with van der Waals surface area (Å²) in [6.45, 7) is 1.99. The summed E-state index contributed by atoms with van der Waals surface area (Å²) in [5.74, 6) is 0.197. The van der Waals surface area contributed by atoms with Gasteiger partial charge in [0.2, 0.25) is 0 Å². The second-order valence-corrected chi connectivity index (χ2v) is 5.41. The fourth-order valence-corrected chi connectivity index (χ4v) is 2.72. The van der Waals surface area contributed by atoms with Crippen LogP contribution in [-0.2, 0) is 11.2 Å². The average molecular weight is 274 g/mol. The first-order valence-electron chi connectivity index (χ1n) is 7.30. The van der Waals surface area contributed by atoms with Gasteiger partial charge in [-0.15, -0.1) is 0 Å². The largest absolute Gasteiger partial charge is 0.299 e. The normalized spacial score (nSPS) is 12.2. The highest BCUT2D eigenvalue weighted by Crippen LogP contribution is 2.23. The summed E-state index contributed by atoms with van der Waals surface area (Å²) in [6.07, 6.45) is 0.484. The van der Waals surface area contributed by atoms with Crippen molar-refractivity contribution in [3.05, 3.63) is 83.9 Å². The molecule has 3 aromatic carbocycles. The smallest absolute Gasteiger partial charge is 0.144 e. The topological polar surface area (TPSA) is 17.1 Å². The Labute approximate surface area is 125 Å². The van der Waals surface area contributed by atoms with Gasteiger partial charge < -0.3 is 0 Å². The lowest BCUT2D eigenvalue weighted by Gasteiger charge is -2.12. The minimum atomic E-state index is -0.0647. The van der Waals surface area contributed by atoms with E-state index in [1.54, 1.807) is 0 Å². The van der Waals surface area contributed by atoms with Gasteiger partial charge in [-0.25, -0.2) is 0 Å². The summed E-state index contributed by atoms with van der Waals surface area (Å²) in [5.41, 5.74) is 2.20. The van der Waals surface area contributed by atoms with Crippen molar-refractivity contribution in [2.45, 2.75) is 19.3 Å². The van der Waals surface area contributed by atoms with Crippen LogP contribution in [0.15, 0.2) is 72.8 Å². The lowest BCUT2D eigenvalue weighted by Crippen LogP contribution is -2.12. The maximum atomic E-state index is 12.6. The van der Waals surface area contributed by atoms with Gasteiger partial charge in [-0.3, -0.25) is 4.79 Å². The van der Waals surface area contributed by atoms with E-state index in [1.807, 2.05) is 55.5 Å². The van der Waals surface area contributed by atoms with E-state index in [0.717, 1.165) is 11.1 Å². The number of hydrogen-bond donors (Lipinski definition) is 0. The van der Waals surface area contributed by atoms with Gasteiger partial charge in [-0.2, -0.15) is 0 Å². The van der Waals surface area contributed by atoms with Crippen molar-refractivity contribution < 1.29 is 4.79 Å². The van der Waals surface area contributed by atoms with E-state index in [9.17, 15) is 4.79 Å². The maximum absolute atomic E-state index is 12.6. The number of fused-ring (bicyclic) bond motifs is 1. The maximum Gasteiger partial charge on any atom is 0.144 e. The molecule has 1 atom stereocenters. The number of ketones is 1. The van der Waals surface area contributed by atoms with Crippen molar-refractivity contribution in [1.29, 1.82) is 0 Å². The molecule has 0 radical (unpaired) electrons. The zero-order valence-electron chi connectivity index (χ0n) is 12.1. The van der Waals surface area contributed by atoms with Crippen molar-refractivity contribution >= 4 is 16.6 Å². The van der Waals surface area contributed by atoms with Crippen LogP contribution in [-0.4, -0.2) is 5.78 Å². The minimum Gasteiger partial charge on any atom is -0.299 e. The molecule has 3 aromatic rings. The van der Waals surface area contributed by atoms with Crippen molar-refractivity contribution in [2.24, 2.45) is 0 Å². The van der Waals surface area contributed by atoms with Crippen LogP contribution in [0.1, 0.15) is 24.0 Å². The first kappa shape index (κ1) is 13.6. The van der Waals surface area contributed by atoms with Crippen LogP contribution < -0.4 is 0 Å². The molecular formula is C20H18O. The molecule has 0 bridgehead atoms. The van der Waals surface area contributed by atoms with Crippen LogP contribution in [0, 0.1) is 0 Å². The molecule has 0 aliphatic heterocycles. The van der Waals surface area contributed by atoms with E-state index in [2.05, 4.69) is 24.3 Å². The molecule has 0 saturated heterocycles. The standard InChI is InChI=1S/C20H18O/c1-15(16-8-3-2-4-9-16)20(21)14-18-12-7-11-17-10-5-6-13-19(17)18/h2-13,15H,14H2,1H3. The van der Waals surface area contributed by atoms with Crippen molar-refractivity contribution in [3.63, 3.8) is 0 Å². The number of benzene rings is 3. The molecule has 0 N–H and O–H groups in total. The summed E-state index contributed by atoms with van der Waals surface area (Å²) in [5, 5.41) is 2.36. The van der Waals surface area contributed by atoms with Crippen LogP contribution in [0.25, 0.3) is 10.8 Å². The molecule has 3 rings (SSSR count). The Hall–Kier alpha value is -2.41. The van der Waals surface area contributed by atoms with Gasteiger partial charge in [0.25, 0.3) is 0 Å². The molecule has 1 unspecified atom stereocenters. The van der Waals surface area contributed by atoms with E-state index in [-0.39, 0.29) is 11.7 Å². The predicted molar refractivity (Wildman–Crippen MR) is 87.5 cm³/mol. The van der Waals surface area contributed by atoms with E-state index in [4.69, 9.17) is 0 Å². The first-order chi connectivity index (χ1) is 10.3. The number of carbonyl (C=O) groups is 1. The van der Waals surface area contributed by atoms with Gasteiger partial charge in [-0.1, -0.05) is 79.7 Å². The SMILES string of the molecule is CC(C(=O)Cc1cccc2ccccc12)c1ccccc1. The van der Waals surface area contributed by atoms with Gasteiger partial charge >= 0.3 is 0 Å². The van der Waals surface area contributed by atoms with Gasteiger partial charge in [-0.05, 0) is 21.9 Å². The van der Waals surface area contributed by atoms with E-state index >= 15 is 0 Å². The third-order valence-electron chi connectivity index (χ3n) is 4.03. The summed E-state index contributed by atoms with van der Waals surface area (Å²) in [6, 6.07) is 24.4. The van der Waals surface area contributed by atoms with E-state index in [1.165, 1.54) is 10.8 Å². The summed E-state index contributed by atoms with van der Waals surface area (Å²) in [4.78, 5) is 12.6. The molecule has 1 heteroatoms. The van der Waals surface area contributed by atoms with E-state index in [0.29, 0.717) is 6.42 Å². The molecule has 104 valence electrons. The van der Waals surface area contributed by atoms with Crippen LogP contribution in [0.4, 0.5) is 0 Å². The predicted octanol–water partition coefficient (Wildman–Crippen LogP) is 4.76. The van der Waals surface area contributed by atoms with Crippen LogP contribution in [0.3, 0.4) is 0 Å². The zero-order valence-corrected chi connectivity index (χ0v) is 12.1. The second kappa shape index (κ2) is 5.92. The molecule has 21 heavy (non-hydrogen) atoms. The molecule has 0 aliphatic rings. The number of carbonyl (C=O) groups excluding carboxylic acids is 1. The lowest BCUT2D eigenvalue weighted by atomic mass is 9.91. The highest BCUT2D eigenvalue weighted by Gasteiger charge is 2.16. The third kappa shape index (κ3) is 2.87. The fraction of sp³-hybridized carbons (Fsp3) is 0.150. The van der Waals surface area contributed by atoms with Crippen molar-refractivity contribution in [3.8, 4) is 0 Å². The third-order valence-corrected chi connectivity index (χ3v) is 4.03. The highest BCUT2D eigenvalue weighted by atomic mass is 16.1. The molecule has 0 amide bonds. The molecular weight excluding hydrogens is 256 g/mol. The molecule has 0 heterocycles. The quantitative estimate of drug-likeness (QED) is 0.670. The molecule has 0 spiro atoms. The van der Waals surface area contributed by atoms with Crippen molar-refractivity contribution in [2.75, 3.05) is 0 Å². The molecule has 0 aliphatic carbocycles. The Kier molecular flexibility index (Phi) is 3.83. The van der Waals surface area contributed by atoms with E-state index < -0.39 is 0 Å². The zero-order chi connectivity index (χ0) is 14.7. The van der Waals surface area contributed by atoms with Gasteiger partial charge in [0.05, 0.1) is 0 Å². The lowest BCUT2D eigenvalue weighted by molar-refractivity contribution is -0.119. The summed E-state index contributed by atoms with van der Waals surface area (Å²) in [7, 11) is 0.